The van der Waals surface area contributed by atoms with Crippen molar-refractivity contribution in [2.75, 3.05) is 6.54 Å². The Bertz CT molecular complexity index is 625. The van der Waals surface area contributed by atoms with Gasteiger partial charge in [0.15, 0.2) is 10.6 Å². The fourth-order valence-corrected chi connectivity index (χ4v) is 5.50. The minimum atomic E-state index is -0.0539. The van der Waals surface area contributed by atoms with E-state index >= 15 is 0 Å². The molecule has 0 spiro atoms. The lowest BCUT2D eigenvalue weighted by Crippen LogP contribution is -2.34. The maximum absolute atomic E-state index is 9.36. The molecule has 1 aromatic heterocycles. The summed E-state index contributed by atoms with van der Waals surface area (Å²) in [4.78, 5) is 2.57. The van der Waals surface area contributed by atoms with Crippen molar-refractivity contribution in [3.05, 3.63) is 10.6 Å². The van der Waals surface area contributed by atoms with Crippen LogP contribution in [0.1, 0.15) is 50.8 Å². The Morgan fingerprint density at radius 2 is 2.13 bits per heavy atom. The van der Waals surface area contributed by atoms with Crippen molar-refractivity contribution in [1.82, 2.24) is 19.2 Å². The van der Waals surface area contributed by atoms with Crippen LogP contribution >= 0.6 is 12.2 Å². The summed E-state index contributed by atoms with van der Waals surface area (Å²) in [6, 6.07) is 0.695. The number of aliphatic hydroxyl groups is 1. The molecule has 4 atom stereocenters. The quantitative estimate of drug-likeness (QED) is 0.840. The number of aliphatic hydroxyl groups excluding tert-OH is 1. The molecular weight excluding hydrogens is 308 g/mol. The van der Waals surface area contributed by atoms with Crippen LogP contribution in [-0.4, -0.2) is 36.9 Å². The summed E-state index contributed by atoms with van der Waals surface area (Å²) in [6.45, 7) is 1.87. The zero-order chi connectivity index (χ0) is 16.0. The molecule has 128 valence electrons. The van der Waals surface area contributed by atoms with Gasteiger partial charge in [-0.25, -0.2) is 4.68 Å². The summed E-state index contributed by atoms with van der Waals surface area (Å²) >= 11 is 5.47. The van der Waals surface area contributed by atoms with E-state index in [1.165, 1.54) is 44.9 Å². The lowest BCUT2D eigenvalue weighted by molar-refractivity contribution is 0.149. The van der Waals surface area contributed by atoms with Crippen molar-refractivity contribution in [3.8, 4) is 0 Å². The van der Waals surface area contributed by atoms with Crippen LogP contribution in [-0.2, 0) is 20.3 Å². The van der Waals surface area contributed by atoms with E-state index < -0.39 is 0 Å². The molecule has 2 bridgehead atoms. The van der Waals surface area contributed by atoms with Crippen LogP contribution < -0.4 is 0 Å². The smallest absolute Gasteiger partial charge is 0.198 e. The van der Waals surface area contributed by atoms with Gasteiger partial charge in [0.1, 0.15) is 6.61 Å². The first-order valence-corrected chi connectivity index (χ1v) is 9.54. The molecule has 23 heavy (non-hydrogen) atoms. The Morgan fingerprint density at radius 1 is 1.26 bits per heavy atom. The molecule has 3 aliphatic rings. The third kappa shape index (κ3) is 2.89. The van der Waals surface area contributed by atoms with Crippen LogP contribution in [0.5, 0.6) is 0 Å². The van der Waals surface area contributed by atoms with Gasteiger partial charge in [0.05, 0.1) is 6.67 Å². The minimum Gasteiger partial charge on any atom is -0.388 e. The highest BCUT2D eigenvalue weighted by molar-refractivity contribution is 7.71. The Hall–Kier alpha value is -0.720. The van der Waals surface area contributed by atoms with E-state index in [4.69, 9.17) is 12.2 Å². The van der Waals surface area contributed by atoms with Crippen LogP contribution in [0.25, 0.3) is 0 Å². The van der Waals surface area contributed by atoms with Gasteiger partial charge in [0.2, 0.25) is 0 Å². The summed E-state index contributed by atoms with van der Waals surface area (Å²) in [5.41, 5.74) is 0. The molecule has 2 aliphatic carbocycles. The molecule has 6 heteroatoms. The molecule has 3 fully saturated rings. The highest BCUT2D eigenvalue weighted by atomic mass is 32.1. The normalized spacial score (nSPS) is 33.8. The van der Waals surface area contributed by atoms with Crippen molar-refractivity contribution < 1.29 is 5.11 Å². The van der Waals surface area contributed by atoms with Gasteiger partial charge in [-0.05, 0) is 68.5 Å². The van der Waals surface area contributed by atoms with E-state index in [1.807, 2.05) is 16.3 Å². The lowest BCUT2D eigenvalue weighted by Gasteiger charge is -2.30. The molecule has 1 aliphatic heterocycles. The topological polar surface area (TPSA) is 46.2 Å². The molecule has 1 saturated heterocycles. The van der Waals surface area contributed by atoms with Gasteiger partial charge in [-0.15, -0.1) is 0 Å². The van der Waals surface area contributed by atoms with Gasteiger partial charge < -0.3 is 9.67 Å². The van der Waals surface area contributed by atoms with Gasteiger partial charge in [-0.3, -0.25) is 4.90 Å². The van der Waals surface area contributed by atoms with E-state index in [-0.39, 0.29) is 6.61 Å². The average molecular weight is 337 g/mol. The Morgan fingerprint density at radius 3 is 2.78 bits per heavy atom. The van der Waals surface area contributed by atoms with Crippen LogP contribution in [0.2, 0.25) is 0 Å². The maximum atomic E-state index is 9.36. The maximum Gasteiger partial charge on any atom is 0.198 e. The highest BCUT2D eigenvalue weighted by Crippen LogP contribution is 2.50. The molecule has 2 heterocycles. The number of hydrogen-bond acceptors (Lipinski definition) is 4. The molecule has 0 aromatic carbocycles. The molecular formula is C17H28N4OS. The molecule has 4 unspecified atom stereocenters. The molecule has 1 N–H and O–H groups in total. The van der Waals surface area contributed by atoms with E-state index in [0.717, 1.165) is 31.0 Å². The summed E-state index contributed by atoms with van der Waals surface area (Å²) < 4.78 is 4.41. The second-order valence-electron chi connectivity index (χ2n) is 7.84. The monoisotopic (exact) mass is 336 g/mol. The molecule has 1 aromatic rings. The molecule has 0 amide bonds. The van der Waals surface area contributed by atoms with Crippen LogP contribution in [0, 0.1) is 22.5 Å². The van der Waals surface area contributed by atoms with Gasteiger partial charge in [0, 0.05) is 19.6 Å². The number of fused-ring (bicyclic) bond motifs is 2. The van der Waals surface area contributed by atoms with E-state index in [2.05, 4.69) is 10.00 Å². The molecule has 0 radical (unpaired) electrons. The summed E-state index contributed by atoms with van der Waals surface area (Å²) in [5, 5.41) is 13.8. The fraction of sp³-hybridized carbons (Fsp3) is 0.882. The third-order valence-electron chi connectivity index (χ3n) is 6.55. The predicted octanol–water partition coefficient (Wildman–Crippen LogP) is 2.69. The first-order valence-electron chi connectivity index (χ1n) is 9.13. The van der Waals surface area contributed by atoms with Crippen LogP contribution in [0.4, 0.5) is 0 Å². The highest BCUT2D eigenvalue weighted by Gasteiger charge is 2.41. The van der Waals surface area contributed by atoms with Gasteiger partial charge in [0.25, 0.3) is 0 Å². The minimum absolute atomic E-state index is 0.0539. The Labute approximate surface area is 143 Å². The summed E-state index contributed by atoms with van der Waals surface area (Å²) in [5.74, 6) is 3.67. The SMILES string of the molecule is Cn1c(CO)nn(CN2CCCC2CC2CC3CCC2C3)c1=S. The number of aromatic nitrogens is 3. The first-order chi connectivity index (χ1) is 11.2. The van der Waals surface area contributed by atoms with Crippen molar-refractivity contribution >= 4 is 12.2 Å². The van der Waals surface area contributed by atoms with Crippen molar-refractivity contribution in [3.63, 3.8) is 0 Å². The van der Waals surface area contributed by atoms with E-state index in [9.17, 15) is 5.11 Å². The van der Waals surface area contributed by atoms with E-state index in [1.54, 1.807) is 0 Å². The average Bonchev–Trinajstić information content (AvgIpc) is 3.30. The third-order valence-corrected chi connectivity index (χ3v) is 7.03. The van der Waals surface area contributed by atoms with Gasteiger partial charge >= 0.3 is 0 Å². The Kier molecular flexibility index (Phi) is 4.32. The molecule has 4 rings (SSSR count). The van der Waals surface area contributed by atoms with E-state index in [0.29, 0.717) is 16.6 Å². The first kappa shape index (κ1) is 15.8. The van der Waals surface area contributed by atoms with Crippen molar-refractivity contribution in [2.45, 2.75) is 64.3 Å². The summed E-state index contributed by atoms with van der Waals surface area (Å²) in [6.07, 6.45) is 9.93. The zero-order valence-corrected chi connectivity index (χ0v) is 14.8. The molecule has 2 saturated carbocycles. The largest absolute Gasteiger partial charge is 0.388 e. The Balaban J connectivity index is 1.43. The van der Waals surface area contributed by atoms with Crippen LogP contribution in [0.3, 0.4) is 0 Å². The second kappa shape index (κ2) is 6.30. The molecule has 5 nitrogen and oxygen atoms in total. The zero-order valence-electron chi connectivity index (χ0n) is 14.0. The number of rotatable bonds is 5. The standard InChI is InChI=1S/C17H28N4OS/c1-19-16(10-22)18-21(17(19)23)11-20-6-2-3-15(20)9-14-8-12-4-5-13(14)7-12/h12-15,22H,2-11H2,1H3. The second-order valence-corrected chi connectivity index (χ2v) is 8.20. The summed E-state index contributed by atoms with van der Waals surface area (Å²) in [7, 11) is 1.88. The number of hydrogen-bond donors (Lipinski definition) is 1. The lowest BCUT2D eigenvalue weighted by atomic mass is 9.84. The van der Waals surface area contributed by atoms with Gasteiger partial charge in [-0.1, -0.05) is 6.42 Å². The van der Waals surface area contributed by atoms with Crippen molar-refractivity contribution in [2.24, 2.45) is 24.8 Å². The number of nitrogens with zero attached hydrogens (tertiary/aromatic N) is 4. The van der Waals surface area contributed by atoms with Crippen molar-refractivity contribution in [1.29, 1.82) is 0 Å². The van der Waals surface area contributed by atoms with Gasteiger partial charge in [-0.2, -0.15) is 5.10 Å². The predicted molar refractivity (Wildman–Crippen MR) is 91.2 cm³/mol. The number of likely N-dealkylation sites (tertiary alicyclic amines) is 1. The fourth-order valence-electron chi connectivity index (χ4n) is 5.30. The van der Waals surface area contributed by atoms with Crippen LogP contribution in [0.15, 0.2) is 0 Å².